The molecule has 0 amide bonds. The molecule has 0 N–H and O–H groups in total. The molecule has 2 atom stereocenters. The van der Waals surface area contributed by atoms with Gasteiger partial charge < -0.3 is 4.42 Å². The van der Waals surface area contributed by atoms with Crippen molar-refractivity contribution in [3.63, 3.8) is 0 Å². The highest BCUT2D eigenvalue weighted by atomic mass is 16.3. The maximum absolute atomic E-state index is 12.3. The van der Waals surface area contributed by atoms with Crippen LogP contribution in [0.2, 0.25) is 0 Å². The Morgan fingerprint density at radius 1 is 1.00 bits per heavy atom. The van der Waals surface area contributed by atoms with Gasteiger partial charge in [-0.3, -0.25) is 4.79 Å². The fraction of sp³-hybridized carbons (Fsp3) is 0.167. The van der Waals surface area contributed by atoms with Crippen LogP contribution in [-0.4, -0.2) is 6.54 Å². The first-order valence-electron chi connectivity index (χ1n) is 7.27. The highest BCUT2D eigenvalue weighted by Gasteiger charge is 2.31. The van der Waals surface area contributed by atoms with E-state index >= 15 is 0 Å². The second-order valence-electron chi connectivity index (χ2n) is 5.41. The van der Waals surface area contributed by atoms with Gasteiger partial charge in [0.1, 0.15) is 17.4 Å². The van der Waals surface area contributed by atoms with Crippen LogP contribution in [0.1, 0.15) is 23.3 Å². The lowest BCUT2D eigenvalue weighted by molar-refractivity contribution is 0.463. The topological polar surface area (TPSA) is 54.9 Å². The molecule has 0 spiro atoms. The quantitative estimate of drug-likeness (QED) is 0.714. The Bertz CT molecular complexity index is 900. The zero-order valence-electron chi connectivity index (χ0n) is 11.8. The summed E-state index contributed by atoms with van der Waals surface area (Å²) in [5.74, 6) is 0.698. The normalized spacial score (nSPS) is 20.5. The molecule has 3 aromatic rings. The third-order valence-corrected chi connectivity index (χ3v) is 4.04. The number of benzene rings is 2. The zero-order chi connectivity index (χ0) is 14.9. The van der Waals surface area contributed by atoms with Crippen LogP contribution in [0, 0.1) is 0 Å². The Hall–Kier alpha value is -2.75. The smallest absolute Gasteiger partial charge is 0.193 e. The molecule has 1 aromatic heterocycles. The lowest BCUT2D eigenvalue weighted by atomic mass is 9.91. The first kappa shape index (κ1) is 13.0. The molecule has 4 heteroatoms. The average molecular weight is 290 g/mol. The van der Waals surface area contributed by atoms with Crippen molar-refractivity contribution in [3.05, 3.63) is 82.2 Å². The van der Waals surface area contributed by atoms with Gasteiger partial charge in [0.2, 0.25) is 0 Å². The van der Waals surface area contributed by atoms with Crippen molar-refractivity contribution in [2.24, 2.45) is 10.2 Å². The molecule has 0 saturated carbocycles. The fourth-order valence-corrected chi connectivity index (χ4v) is 2.91. The van der Waals surface area contributed by atoms with Gasteiger partial charge in [-0.1, -0.05) is 42.5 Å². The van der Waals surface area contributed by atoms with E-state index in [1.807, 2.05) is 36.4 Å². The van der Waals surface area contributed by atoms with Gasteiger partial charge >= 0.3 is 0 Å². The van der Waals surface area contributed by atoms with Crippen LogP contribution < -0.4 is 5.43 Å². The second-order valence-corrected chi connectivity index (χ2v) is 5.41. The molecular formula is C18H14N2O2. The molecule has 0 fully saturated rings. The number of rotatable bonds is 2. The minimum atomic E-state index is -0.236. The van der Waals surface area contributed by atoms with E-state index in [0.717, 1.165) is 5.56 Å². The molecule has 2 aromatic carbocycles. The molecule has 4 rings (SSSR count). The highest BCUT2D eigenvalue weighted by molar-refractivity contribution is 5.76. The van der Waals surface area contributed by atoms with Crippen molar-refractivity contribution in [1.29, 1.82) is 0 Å². The predicted octanol–water partition coefficient (Wildman–Crippen LogP) is 4.08. The first-order valence-corrected chi connectivity index (χ1v) is 7.27. The summed E-state index contributed by atoms with van der Waals surface area (Å²) in [6, 6.07) is 18.7. The molecule has 1 aliphatic heterocycles. The molecular weight excluding hydrogens is 276 g/mol. The molecule has 4 nitrogen and oxygen atoms in total. The first-order chi connectivity index (χ1) is 10.8. The van der Waals surface area contributed by atoms with Crippen molar-refractivity contribution < 1.29 is 4.42 Å². The van der Waals surface area contributed by atoms with Crippen LogP contribution in [0.25, 0.3) is 11.0 Å². The van der Waals surface area contributed by atoms with Crippen molar-refractivity contribution >= 4 is 11.0 Å². The molecule has 2 heterocycles. The van der Waals surface area contributed by atoms with Crippen molar-refractivity contribution in [3.8, 4) is 0 Å². The summed E-state index contributed by atoms with van der Waals surface area (Å²) in [6.07, 6.45) is 0. The zero-order valence-corrected chi connectivity index (χ0v) is 11.8. The molecule has 1 aliphatic rings. The molecule has 0 saturated heterocycles. The summed E-state index contributed by atoms with van der Waals surface area (Å²) in [6.45, 7) is 0.616. The minimum absolute atomic E-state index is 0.0363. The van der Waals surface area contributed by atoms with E-state index in [-0.39, 0.29) is 17.4 Å². The van der Waals surface area contributed by atoms with Crippen LogP contribution in [-0.2, 0) is 0 Å². The number of azo groups is 1. The van der Waals surface area contributed by atoms with Gasteiger partial charge in [0.25, 0.3) is 0 Å². The summed E-state index contributed by atoms with van der Waals surface area (Å²) in [5, 5.41) is 9.07. The van der Waals surface area contributed by atoms with Crippen LogP contribution in [0.4, 0.5) is 0 Å². The fourth-order valence-electron chi connectivity index (χ4n) is 2.91. The molecule has 0 bridgehead atoms. The van der Waals surface area contributed by atoms with Crippen LogP contribution in [0.15, 0.2) is 80.1 Å². The minimum Gasteiger partial charge on any atom is -0.458 e. The predicted molar refractivity (Wildman–Crippen MR) is 84.1 cm³/mol. The SMILES string of the molecule is O=c1cc(C2N=NCC2c2ccccc2)oc2ccccc12. The summed E-state index contributed by atoms with van der Waals surface area (Å²) >= 11 is 0. The number of hydrogen-bond acceptors (Lipinski definition) is 4. The average Bonchev–Trinajstić information content (AvgIpc) is 3.05. The Morgan fingerprint density at radius 3 is 2.64 bits per heavy atom. The number of nitrogens with zero attached hydrogens (tertiary/aromatic N) is 2. The highest BCUT2D eigenvalue weighted by Crippen LogP contribution is 2.39. The van der Waals surface area contributed by atoms with Crippen molar-refractivity contribution in [2.75, 3.05) is 6.54 Å². The number of fused-ring (bicyclic) bond motifs is 1. The third-order valence-electron chi connectivity index (χ3n) is 4.04. The van der Waals surface area contributed by atoms with Gasteiger partial charge in [0.15, 0.2) is 5.43 Å². The standard InChI is InChI=1S/C18H14N2O2/c21-15-10-17(22-16-9-5-4-8-13(15)16)18-14(11-19-20-18)12-6-2-1-3-7-12/h1-10,14,18H,11H2. The maximum atomic E-state index is 12.3. The van der Waals surface area contributed by atoms with Gasteiger partial charge in [-0.15, -0.1) is 0 Å². The Labute approximate surface area is 127 Å². The van der Waals surface area contributed by atoms with E-state index in [4.69, 9.17) is 4.42 Å². The van der Waals surface area contributed by atoms with Gasteiger partial charge in [0.05, 0.1) is 11.9 Å². The molecule has 0 radical (unpaired) electrons. The molecule has 108 valence electrons. The number of para-hydroxylation sites is 1. The summed E-state index contributed by atoms with van der Waals surface area (Å²) < 4.78 is 5.92. The Balaban J connectivity index is 1.81. The Kier molecular flexibility index (Phi) is 3.07. The largest absolute Gasteiger partial charge is 0.458 e. The monoisotopic (exact) mass is 290 g/mol. The lowest BCUT2D eigenvalue weighted by Crippen LogP contribution is -2.11. The molecule has 22 heavy (non-hydrogen) atoms. The maximum Gasteiger partial charge on any atom is 0.193 e. The van der Waals surface area contributed by atoms with E-state index in [1.54, 1.807) is 12.1 Å². The molecule has 0 aliphatic carbocycles. The molecule has 2 unspecified atom stereocenters. The van der Waals surface area contributed by atoms with Gasteiger partial charge in [-0.2, -0.15) is 10.2 Å². The van der Waals surface area contributed by atoms with E-state index in [2.05, 4.69) is 22.4 Å². The van der Waals surface area contributed by atoms with E-state index in [9.17, 15) is 4.79 Å². The van der Waals surface area contributed by atoms with Crippen LogP contribution in [0.3, 0.4) is 0 Å². The third kappa shape index (κ3) is 2.13. The van der Waals surface area contributed by atoms with Gasteiger partial charge in [0, 0.05) is 12.0 Å². The van der Waals surface area contributed by atoms with E-state index in [1.165, 1.54) is 0 Å². The second kappa shape index (κ2) is 5.22. The summed E-state index contributed by atoms with van der Waals surface area (Å²) in [5.41, 5.74) is 1.72. The van der Waals surface area contributed by atoms with Crippen LogP contribution >= 0.6 is 0 Å². The van der Waals surface area contributed by atoms with Crippen molar-refractivity contribution in [1.82, 2.24) is 0 Å². The lowest BCUT2D eigenvalue weighted by Gasteiger charge is -2.16. The van der Waals surface area contributed by atoms with Crippen LogP contribution in [0.5, 0.6) is 0 Å². The van der Waals surface area contributed by atoms with E-state index in [0.29, 0.717) is 23.3 Å². The number of hydrogen-bond donors (Lipinski definition) is 0. The van der Waals surface area contributed by atoms with Gasteiger partial charge in [-0.05, 0) is 17.7 Å². The van der Waals surface area contributed by atoms with Gasteiger partial charge in [-0.25, -0.2) is 0 Å². The summed E-state index contributed by atoms with van der Waals surface area (Å²) in [7, 11) is 0. The Morgan fingerprint density at radius 2 is 1.77 bits per heavy atom. The summed E-state index contributed by atoms with van der Waals surface area (Å²) in [4.78, 5) is 12.3. The van der Waals surface area contributed by atoms with E-state index < -0.39 is 0 Å². The van der Waals surface area contributed by atoms with Crippen molar-refractivity contribution in [2.45, 2.75) is 12.0 Å².